The van der Waals surface area contributed by atoms with Crippen molar-refractivity contribution in [3.8, 4) is 0 Å². The molecule has 4 rings (SSSR count). The molecule has 7 nitrogen and oxygen atoms in total. The van der Waals surface area contributed by atoms with Crippen LogP contribution in [-0.4, -0.2) is 23.5 Å². The van der Waals surface area contributed by atoms with Crippen LogP contribution in [-0.2, 0) is 27.9 Å². The molecular weight excluding hydrogens is 388 g/mol. The Kier molecular flexibility index (Phi) is 5.04. The van der Waals surface area contributed by atoms with Crippen molar-refractivity contribution in [1.29, 1.82) is 0 Å². The maximum absolute atomic E-state index is 13.2. The molecule has 8 heteroatoms. The average molecular weight is 408 g/mol. The lowest BCUT2D eigenvalue weighted by molar-refractivity contribution is -0.111. The molecule has 0 saturated heterocycles. The van der Waals surface area contributed by atoms with Crippen molar-refractivity contribution in [2.24, 2.45) is 0 Å². The van der Waals surface area contributed by atoms with Crippen molar-refractivity contribution in [1.82, 2.24) is 14.5 Å². The number of nitrogens with zero attached hydrogens (tertiary/aromatic N) is 2. The monoisotopic (exact) mass is 408 g/mol. The minimum atomic E-state index is -3.94. The van der Waals surface area contributed by atoms with Crippen molar-refractivity contribution in [3.63, 3.8) is 0 Å². The van der Waals surface area contributed by atoms with Crippen molar-refractivity contribution >= 4 is 27.8 Å². The molecule has 0 radical (unpaired) electrons. The third-order valence-corrected chi connectivity index (χ3v) is 6.18. The molecule has 2 N–H and O–H groups in total. The van der Waals surface area contributed by atoms with Gasteiger partial charge in [0.2, 0.25) is 5.91 Å². The summed E-state index contributed by atoms with van der Waals surface area (Å²) in [6, 6.07) is 16.0. The average Bonchev–Trinajstić information content (AvgIpc) is 3.30. The number of carbonyl (C=O) groups excluding carboxylic acids is 1. The second-order valence-corrected chi connectivity index (χ2v) is 8.54. The maximum atomic E-state index is 13.2. The van der Waals surface area contributed by atoms with Gasteiger partial charge in [0.15, 0.2) is 5.82 Å². The van der Waals surface area contributed by atoms with Gasteiger partial charge in [-0.05, 0) is 36.3 Å². The van der Waals surface area contributed by atoms with Crippen LogP contribution in [0.1, 0.15) is 22.4 Å². The highest BCUT2D eigenvalue weighted by Crippen LogP contribution is 2.28. The molecule has 0 spiro atoms. The number of aromatic nitrogens is 2. The molecule has 3 aromatic rings. The van der Waals surface area contributed by atoms with E-state index in [-0.39, 0.29) is 10.7 Å². The Balaban J connectivity index is 1.69. The van der Waals surface area contributed by atoms with Gasteiger partial charge in [0, 0.05) is 24.7 Å². The van der Waals surface area contributed by atoms with E-state index < -0.39 is 15.9 Å². The normalized spacial score (nSPS) is 13.6. The Bertz CT molecular complexity index is 1200. The largest absolute Gasteiger partial charge is 0.307 e. The van der Waals surface area contributed by atoms with Crippen LogP contribution in [0, 0.1) is 6.92 Å². The summed E-state index contributed by atoms with van der Waals surface area (Å²) in [4.78, 5) is 12.6. The number of hydrogen-bond acceptors (Lipinski definition) is 5. The van der Waals surface area contributed by atoms with Gasteiger partial charge in [0.05, 0.1) is 10.6 Å². The zero-order valence-corrected chi connectivity index (χ0v) is 16.6. The van der Waals surface area contributed by atoms with Gasteiger partial charge in [-0.1, -0.05) is 42.5 Å². The molecule has 1 aliphatic rings. The highest BCUT2D eigenvalue weighted by atomic mass is 32.2. The van der Waals surface area contributed by atoms with E-state index in [4.69, 9.17) is 0 Å². The molecule has 0 unspecified atom stereocenters. The highest BCUT2D eigenvalue weighted by Gasteiger charge is 2.30. The zero-order chi connectivity index (χ0) is 20.4. The molecule has 29 heavy (non-hydrogen) atoms. The van der Waals surface area contributed by atoms with Crippen LogP contribution < -0.4 is 10.6 Å². The summed E-state index contributed by atoms with van der Waals surface area (Å²) in [5, 5.41) is 10.1. The first kappa shape index (κ1) is 19.1. The van der Waals surface area contributed by atoms with Crippen LogP contribution in [0.25, 0.3) is 6.08 Å². The Morgan fingerprint density at radius 2 is 1.93 bits per heavy atom. The molecule has 148 valence electrons. The van der Waals surface area contributed by atoms with Gasteiger partial charge in [-0.3, -0.25) is 4.79 Å². The minimum absolute atomic E-state index is 0.127. The topological polar surface area (TPSA) is 93.1 Å². The molecule has 0 atom stereocenters. The molecule has 1 aliphatic heterocycles. The number of amides is 1. The van der Waals surface area contributed by atoms with E-state index in [0.717, 1.165) is 15.2 Å². The highest BCUT2D eigenvalue weighted by molar-refractivity contribution is 7.90. The van der Waals surface area contributed by atoms with E-state index in [1.165, 1.54) is 12.1 Å². The van der Waals surface area contributed by atoms with Crippen LogP contribution >= 0.6 is 0 Å². The van der Waals surface area contributed by atoms with Gasteiger partial charge in [-0.2, -0.15) is 13.5 Å². The number of nitrogens with one attached hydrogen (secondary N) is 2. The number of fused-ring (bicyclic) bond motifs is 1. The first-order chi connectivity index (χ1) is 13.9. The van der Waals surface area contributed by atoms with E-state index in [1.807, 2.05) is 43.3 Å². The van der Waals surface area contributed by atoms with E-state index in [2.05, 4.69) is 15.7 Å². The Morgan fingerprint density at radius 3 is 2.69 bits per heavy atom. The van der Waals surface area contributed by atoms with Crippen LogP contribution in [0.15, 0.2) is 65.6 Å². The third kappa shape index (κ3) is 3.85. The fourth-order valence-corrected chi connectivity index (χ4v) is 4.56. The number of aryl methyl sites for hydroxylation is 1. The Morgan fingerprint density at radius 1 is 1.14 bits per heavy atom. The summed E-state index contributed by atoms with van der Waals surface area (Å²) < 4.78 is 27.3. The molecule has 0 aliphatic carbocycles. The smallest absolute Gasteiger partial charge is 0.284 e. The molecule has 1 amide bonds. The summed E-state index contributed by atoms with van der Waals surface area (Å²) in [5.74, 6) is -0.252. The van der Waals surface area contributed by atoms with Crippen molar-refractivity contribution < 1.29 is 13.2 Å². The molecule has 2 heterocycles. The molecule has 2 aromatic carbocycles. The Hall–Kier alpha value is -3.23. The van der Waals surface area contributed by atoms with E-state index >= 15 is 0 Å². The molecular formula is C21H20N4O3S. The summed E-state index contributed by atoms with van der Waals surface area (Å²) in [6.45, 7) is 2.72. The summed E-state index contributed by atoms with van der Waals surface area (Å²) >= 11 is 0. The quantitative estimate of drug-likeness (QED) is 0.633. The fraction of sp³-hybridized carbons (Fsp3) is 0.143. The number of carbonyl (C=O) groups is 1. The first-order valence-electron chi connectivity index (χ1n) is 9.13. The van der Waals surface area contributed by atoms with Gasteiger partial charge < -0.3 is 10.6 Å². The van der Waals surface area contributed by atoms with E-state index in [1.54, 1.807) is 18.2 Å². The standard InChI is InChI=1S/C21H20N4O3S/c1-15-6-5-9-17(12-15)29(27,28)25-21(18-13-22-14-19(18)24-25)23-20(26)11-10-16-7-3-2-4-8-16/h2-12,22H,13-14H2,1H3,(H,23,26)/b11-10+. The number of hydrogen-bond donors (Lipinski definition) is 2. The maximum Gasteiger partial charge on any atom is 0.284 e. The van der Waals surface area contributed by atoms with E-state index in [0.29, 0.717) is 24.3 Å². The molecule has 1 aromatic heterocycles. The van der Waals surface area contributed by atoms with Crippen LogP contribution in [0.5, 0.6) is 0 Å². The predicted molar refractivity (Wildman–Crippen MR) is 111 cm³/mol. The van der Waals surface area contributed by atoms with Crippen LogP contribution in [0.2, 0.25) is 0 Å². The summed E-state index contributed by atoms with van der Waals surface area (Å²) in [5.41, 5.74) is 2.99. The van der Waals surface area contributed by atoms with Crippen molar-refractivity contribution in [2.75, 3.05) is 5.32 Å². The molecule has 0 fully saturated rings. The summed E-state index contributed by atoms with van der Waals surface area (Å²) in [7, 11) is -3.94. The third-order valence-electron chi connectivity index (χ3n) is 4.61. The number of rotatable bonds is 5. The van der Waals surface area contributed by atoms with E-state index in [9.17, 15) is 13.2 Å². The van der Waals surface area contributed by atoms with Crippen LogP contribution in [0.3, 0.4) is 0 Å². The number of anilines is 1. The first-order valence-corrected chi connectivity index (χ1v) is 10.6. The lowest BCUT2D eigenvalue weighted by Crippen LogP contribution is -2.22. The van der Waals surface area contributed by atoms with Gasteiger partial charge >= 0.3 is 0 Å². The fourth-order valence-electron chi connectivity index (χ4n) is 3.17. The SMILES string of the molecule is Cc1cccc(S(=O)(=O)n2nc3c(c2NC(=O)/C=C/c2ccccc2)CNC3)c1. The predicted octanol–water partition coefficient (Wildman–Crippen LogP) is 2.68. The zero-order valence-electron chi connectivity index (χ0n) is 15.8. The Labute approximate surface area is 169 Å². The van der Waals surface area contributed by atoms with Gasteiger partial charge in [-0.25, -0.2) is 0 Å². The van der Waals surface area contributed by atoms with Gasteiger partial charge in [0.1, 0.15) is 0 Å². The second kappa shape index (κ2) is 7.65. The van der Waals surface area contributed by atoms with Gasteiger partial charge in [-0.15, -0.1) is 4.09 Å². The second-order valence-electron chi connectivity index (χ2n) is 6.78. The molecule has 0 saturated carbocycles. The van der Waals surface area contributed by atoms with Crippen molar-refractivity contribution in [2.45, 2.75) is 24.9 Å². The lowest BCUT2D eigenvalue weighted by atomic mass is 10.2. The lowest BCUT2D eigenvalue weighted by Gasteiger charge is -2.11. The number of benzene rings is 2. The van der Waals surface area contributed by atoms with Crippen molar-refractivity contribution in [3.05, 3.63) is 83.1 Å². The van der Waals surface area contributed by atoms with Gasteiger partial charge in [0.25, 0.3) is 10.0 Å². The minimum Gasteiger partial charge on any atom is -0.307 e. The summed E-state index contributed by atoms with van der Waals surface area (Å²) in [6.07, 6.45) is 3.05. The molecule has 0 bridgehead atoms. The van der Waals surface area contributed by atoms with Crippen LogP contribution in [0.4, 0.5) is 5.82 Å².